The fourth-order valence-corrected chi connectivity index (χ4v) is 5.58. The zero-order valence-electron chi connectivity index (χ0n) is 22.2. The lowest BCUT2D eigenvalue weighted by molar-refractivity contribution is -0.384. The van der Waals surface area contributed by atoms with Crippen LogP contribution in [0.2, 0.25) is 0 Å². The number of hydrogen-bond acceptors (Lipinski definition) is 5. The van der Waals surface area contributed by atoms with E-state index in [0.29, 0.717) is 42.9 Å². The molecule has 0 atom stereocenters. The van der Waals surface area contributed by atoms with Crippen molar-refractivity contribution in [1.29, 1.82) is 0 Å². The number of aromatic nitrogens is 4. The molecule has 0 unspecified atom stereocenters. The Morgan fingerprint density at radius 2 is 1.73 bits per heavy atom. The molecule has 40 heavy (non-hydrogen) atoms. The van der Waals surface area contributed by atoms with Crippen molar-refractivity contribution in [3.05, 3.63) is 110 Å². The third-order valence-electron chi connectivity index (χ3n) is 7.62. The van der Waals surface area contributed by atoms with Gasteiger partial charge in [0.1, 0.15) is 5.69 Å². The highest BCUT2D eigenvalue weighted by atomic mass is 16.6. The van der Waals surface area contributed by atoms with Crippen LogP contribution in [0.5, 0.6) is 0 Å². The first-order valence-electron chi connectivity index (χ1n) is 13.2. The van der Waals surface area contributed by atoms with Crippen molar-refractivity contribution in [1.82, 2.24) is 24.2 Å². The molecule has 1 aliphatic heterocycles. The van der Waals surface area contributed by atoms with E-state index in [1.807, 2.05) is 65.8 Å². The summed E-state index contributed by atoms with van der Waals surface area (Å²) in [6.07, 6.45) is 1.31. The number of piperidine rings is 1. The normalized spacial score (nSPS) is 14.1. The standard InChI is InChI=1S/C30H28N6O4/c1-19-7-12-26(20(2)17-19)35-28(18-25(32-35)21-8-10-23(11-9-21)36(39)40)29(37)33-15-13-22(14-16-33)34-27-6-4-3-5-24(27)31-30(34)38/h3-12,17-18,22H,13-16H2,1-2H3,(H,31,38). The number of H-pyrrole nitrogens is 1. The number of aromatic amines is 1. The molecule has 1 N–H and O–H groups in total. The number of fused-ring (bicyclic) bond motifs is 1. The summed E-state index contributed by atoms with van der Waals surface area (Å²) in [5.74, 6) is -0.148. The Labute approximate surface area is 229 Å². The average Bonchev–Trinajstić information content (AvgIpc) is 3.54. The third-order valence-corrected chi connectivity index (χ3v) is 7.62. The minimum atomic E-state index is -0.443. The number of likely N-dealkylation sites (tertiary alicyclic amines) is 1. The van der Waals surface area contributed by atoms with Crippen LogP contribution in [0.15, 0.2) is 77.6 Å². The van der Waals surface area contributed by atoms with Gasteiger partial charge < -0.3 is 9.88 Å². The minimum Gasteiger partial charge on any atom is -0.337 e. The molecule has 3 heterocycles. The van der Waals surface area contributed by atoms with Gasteiger partial charge >= 0.3 is 5.69 Å². The van der Waals surface area contributed by atoms with Gasteiger partial charge in [-0.1, -0.05) is 29.8 Å². The lowest BCUT2D eigenvalue weighted by Gasteiger charge is -2.32. The molecule has 0 spiro atoms. The van der Waals surface area contributed by atoms with E-state index < -0.39 is 4.92 Å². The van der Waals surface area contributed by atoms with Gasteiger partial charge in [0.2, 0.25) is 0 Å². The Balaban J connectivity index is 1.31. The first-order chi connectivity index (χ1) is 19.3. The maximum absolute atomic E-state index is 13.9. The van der Waals surface area contributed by atoms with E-state index >= 15 is 0 Å². The number of nitrogens with zero attached hydrogens (tertiary/aromatic N) is 5. The number of aryl methyl sites for hydroxylation is 2. The smallest absolute Gasteiger partial charge is 0.326 e. The number of benzene rings is 3. The average molecular weight is 537 g/mol. The molecule has 3 aromatic carbocycles. The van der Waals surface area contributed by atoms with Gasteiger partial charge in [0, 0.05) is 36.8 Å². The van der Waals surface area contributed by atoms with Gasteiger partial charge in [-0.05, 0) is 68.7 Å². The lowest BCUT2D eigenvalue weighted by atomic mass is 10.0. The van der Waals surface area contributed by atoms with Crippen molar-refractivity contribution in [3.8, 4) is 16.9 Å². The molecule has 6 rings (SSSR count). The fourth-order valence-electron chi connectivity index (χ4n) is 5.58. The molecule has 1 fully saturated rings. The van der Waals surface area contributed by atoms with E-state index in [9.17, 15) is 19.7 Å². The van der Waals surface area contributed by atoms with Crippen LogP contribution < -0.4 is 5.69 Å². The number of nitro benzene ring substituents is 1. The van der Waals surface area contributed by atoms with Crippen molar-refractivity contribution < 1.29 is 9.72 Å². The Bertz CT molecular complexity index is 1810. The molecular formula is C30H28N6O4. The highest BCUT2D eigenvalue weighted by Gasteiger charge is 2.29. The van der Waals surface area contributed by atoms with Gasteiger partial charge in [0.05, 0.1) is 27.3 Å². The topological polar surface area (TPSA) is 119 Å². The summed E-state index contributed by atoms with van der Waals surface area (Å²) in [5, 5.41) is 15.9. The molecule has 1 saturated heterocycles. The van der Waals surface area contributed by atoms with E-state index in [4.69, 9.17) is 5.10 Å². The summed E-state index contributed by atoms with van der Waals surface area (Å²) in [5.41, 5.74) is 6.07. The van der Waals surface area contributed by atoms with Crippen LogP contribution in [0.3, 0.4) is 0 Å². The van der Waals surface area contributed by atoms with Gasteiger partial charge in [-0.15, -0.1) is 0 Å². The first-order valence-corrected chi connectivity index (χ1v) is 13.2. The van der Waals surface area contributed by atoms with Crippen LogP contribution in [0.4, 0.5) is 5.69 Å². The number of amides is 1. The van der Waals surface area contributed by atoms with Gasteiger partial charge in [-0.25, -0.2) is 9.48 Å². The molecule has 10 heteroatoms. The van der Waals surface area contributed by atoms with E-state index in [-0.39, 0.29) is 23.3 Å². The lowest BCUT2D eigenvalue weighted by Crippen LogP contribution is -2.41. The van der Waals surface area contributed by atoms with Crippen LogP contribution >= 0.6 is 0 Å². The van der Waals surface area contributed by atoms with Gasteiger partial charge in [-0.3, -0.25) is 19.5 Å². The Hall–Kier alpha value is -4.99. The van der Waals surface area contributed by atoms with E-state index in [1.165, 1.54) is 12.1 Å². The molecule has 0 radical (unpaired) electrons. The molecule has 0 saturated carbocycles. The molecule has 2 aromatic heterocycles. The van der Waals surface area contributed by atoms with Crippen molar-refractivity contribution in [2.24, 2.45) is 0 Å². The van der Waals surface area contributed by atoms with Crippen LogP contribution in [-0.2, 0) is 0 Å². The Kier molecular flexibility index (Phi) is 6.30. The summed E-state index contributed by atoms with van der Waals surface area (Å²) in [6.45, 7) is 4.99. The quantitative estimate of drug-likeness (QED) is 0.245. The van der Waals surface area contributed by atoms with Crippen molar-refractivity contribution in [3.63, 3.8) is 0 Å². The number of hydrogen-bond donors (Lipinski definition) is 1. The molecule has 10 nitrogen and oxygen atoms in total. The van der Waals surface area contributed by atoms with Crippen LogP contribution in [0.1, 0.15) is 40.5 Å². The van der Waals surface area contributed by atoms with Gasteiger partial charge in [0.15, 0.2) is 0 Å². The number of nitro groups is 1. The fraction of sp³-hybridized carbons (Fsp3) is 0.233. The maximum Gasteiger partial charge on any atom is 0.326 e. The molecule has 1 amide bonds. The number of non-ortho nitro benzene ring substituents is 1. The molecular weight excluding hydrogens is 508 g/mol. The second-order valence-corrected chi connectivity index (χ2v) is 10.3. The molecule has 5 aromatic rings. The summed E-state index contributed by atoms with van der Waals surface area (Å²) in [6, 6.07) is 21.5. The molecule has 202 valence electrons. The second-order valence-electron chi connectivity index (χ2n) is 10.3. The SMILES string of the molecule is Cc1ccc(-n2nc(-c3ccc([N+](=O)[O-])cc3)cc2C(=O)N2CCC(n3c(=O)[nH]c4ccccc43)CC2)c(C)c1. The number of para-hydroxylation sites is 2. The van der Waals surface area contributed by atoms with Crippen molar-refractivity contribution in [2.75, 3.05) is 13.1 Å². The Morgan fingerprint density at radius 1 is 1.00 bits per heavy atom. The van der Waals surface area contributed by atoms with Crippen LogP contribution in [0.25, 0.3) is 28.0 Å². The van der Waals surface area contributed by atoms with Crippen LogP contribution in [-0.4, -0.2) is 48.2 Å². The molecule has 1 aliphatic rings. The first kappa shape index (κ1) is 25.3. The maximum atomic E-state index is 13.9. The number of carbonyl (C=O) groups is 1. The highest BCUT2D eigenvalue weighted by Crippen LogP contribution is 2.29. The number of imidazole rings is 1. The van der Waals surface area contributed by atoms with Crippen molar-refractivity contribution in [2.45, 2.75) is 32.7 Å². The molecule has 0 aliphatic carbocycles. The zero-order valence-corrected chi connectivity index (χ0v) is 22.2. The van der Waals surface area contributed by atoms with E-state index in [2.05, 4.69) is 4.98 Å². The van der Waals surface area contributed by atoms with E-state index in [1.54, 1.807) is 22.9 Å². The number of nitrogens with one attached hydrogen (secondary N) is 1. The predicted molar refractivity (Wildman–Crippen MR) is 152 cm³/mol. The third kappa shape index (κ3) is 4.47. The van der Waals surface area contributed by atoms with Gasteiger partial charge in [0.25, 0.3) is 11.6 Å². The number of carbonyl (C=O) groups excluding carboxylic acids is 1. The largest absolute Gasteiger partial charge is 0.337 e. The highest BCUT2D eigenvalue weighted by molar-refractivity contribution is 5.94. The monoisotopic (exact) mass is 536 g/mol. The minimum absolute atomic E-state index is 0.00683. The summed E-state index contributed by atoms with van der Waals surface area (Å²) in [4.78, 5) is 42.1. The van der Waals surface area contributed by atoms with Crippen molar-refractivity contribution >= 4 is 22.6 Å². The van der Waals surface area contributed by atoms with E-state index in [0.717, 1.165) is 27.8 Å². The summed E-state index contributed by atoms with van der Waals surface area (Å²) < 4.78 is 3.48. The predicted octanol–water partition coefficient (Wildman–Crippen LogP) is 5.18. The Morgan fingerprint density at radius 3 is 2.42 bits per heavy atom. The van der Waals surface area contributed by atoms with Crippen LogP contribution in [0, 0.1) is 24.0 Å². The second kappa shape index (κ2) is 9.96. The summed E-state index contributed by atoms with van der Waals surface area (Å²) in [7, 11) is 0. The molecule has 0 bridgehead atoms. The summed E-state index contributed by atoms with van der Waals surface area (Å²) >= 11 is 0. The zero-order chi connectivity index (χ0) is 28.0. The van der Waals surface area contributed by atoms with Gasteiger partial charge in [-0.2, -0.15) is 5.10 Å². The number of rotatable bonds is 5.